The lowest BCUT2D eigenvalue weighted by atomic mass is 10.1. The number of aromatic nitrogens is 1. The molecule has 0 amide bonds. The molecule has 0 saturated heterocycles. The van der Waals surface area contributed by atoms with Crippen LogP contribution in [0.1, 0.15) is 0 Å². The minimum Gasteiger partial charge on any atom is -0.373 e. The standard InChI is InChI=1S/C12H10FN3O2/c1-14-11-6-5-10(16(17)18)12(15-11)8-3-2-4-9(13)7-8/h2-7H,1H3,(H,14,15). The number of hydrogen-bond acceptors (Lipinski definition) is 4. The van der Waals surface area contributed by atoms with E-state index in [1.165, 1.54) is 30.3 Å². The van der Waals surface area contributed by atoms with Gasteiger partial charge in [0.05, 0.1) is 4.92 Å². The van der Waals surface area contributed by atoms with Gasteiger partial charge in [-0.15, -0.1) is 0 Å². The molecule has 0 unspecified atom stereocenters. The molecule has 0 bridgehead atoms. The number of nitrogens with zero attached hydrogens (tertiary/aromatic N) is 2. The first-order valence-electron chi connectivity index (χ1n) is 5.21. The van der Waals surface area contributed by atoms with Crippen molar-refractivity contribution in [1.29, 1.82) is 0 Å². The molecule has 1 aromatic heterocycles. The summed E-state index contributed by atoms with van der Waals surface area (Å²) >= 11 is 0. The van der Waals surface area contributed by atoms with Gasteiger partial charge in [-0.2, -0.15) is 0 Å². The summed E-state index contributed by atoms with van der Waals surface area (Å²) in [5.41, 5.74) is 0.366. The normalized spacial score (nSPS) is 10.1. The Morgan fingerprint density at radius 3 is 2.72 bits per heavy atom. The summed E-state index contributed by atoms with van der Waals surface area (Å²) in [5, 5.41) is 13.7. The molecule has 0 spiro atoms. The molecule has 2 aromatic rings. The van der Waals surface area contributed by atoms with E-state index >= 15 is 0 Å². The van der Waals surface area contributed by atoms with Gasteiger partial charge >= 0.3 is 0 Å². The minimum atomic E-state index is -0.535. The molecule has 0 atom stereocenters. The molecule has 5 nitrogen and oxygen atoms in total. The molecule has 0 aliphatic heterocycles. The summed E-state index contributed by atoms with van der Waals surface area (Å²) in [6.45, 7) is 0. The Bertz CT molecular complexity index is 602. The maximum absolute atomic E-state index is 13.2. The lowest BCUT2D eigenvalue weighted by molar-refractivity contribution is -0.384. The largest absolute Gasteiger partial charge is 0.373 e. The van der Waals surface area contributed by atoms with Gasteiger partial charge in [-0.05, 0) is 18.2 Å². The van der Waals surface area contributed by atoms with Crippen LogP contribution in [0.4, 0.5) is 15.9 Å². The van der Waals surface area contributed by atoms with E-state index in [9.17, 15) is 14.5 Å². The van der Waals surface area contributed by atoms with E-state index in [4.69, 9.17) is 0 Å². The van der Waals surface area contributed by atoms with Crippen LogP contribution in [0.25, 0.3) is 11.3 Å². The topological polar surface area (TPSA) is 68.1 Å². The van der Waals surface area contributed by atoms with Gasteiger partial charge in [0, 0.05) is 18.7 Å². The van der Waals surface area contributed by atoms with E-state index in [2.05, 4.69) is 10.3 Å². The summed E-state index contributed by atoms with van der Waals surface area (Å²) < 4.78 is 13.2. The third kappa shape index (κ3) is 2.27. The van der Waals surface area contributed by atoms with Gasteiger partial charge in [-0.3, -0.25) is 10.1 Å². The Kier molecular flexibility index (Phi) is 3.18. The highest BCUT2D eigenvalue weighted by molar-refractivity contribution is 5.71. The van der Waals surface area contributed by atoms with Gasteiger partial charge in [-0.1, -0.05) is 12.1 Å². The molecule has 2 rings (SSSR count). The number of anilines is 1. The zero-order valence-corrected chi connectivity index (χ0v) is 9.55. The van der Waals surface area contributed by atoms with Crippen LogP contribution in [0.15, 0.2) is 36.4 Å². The summed E-state index contributed by atoms with van der Waals surface area (Å²) in [6, 6.07) is 8.41. The van der Waals surface area contributed by atoms with Gasteiger partial charge < -0.3 is 5.32 Å². The van der Waals surface area contributed by atoms with E-state index in [1.807, 2.05) is 0 Å². The molecule has 92 valence electrons. The number of rotatable bonds is 3. The van der Waals surface area contributed by atoms with Crippen LogP contribution in [0.2, 0.25) is 0 Å². The summed E-state index contributed by atoms with van der Waals surface area (Å²) in [5.74, 6) is 0.0262. The van der Waals surface area contributed by atoms with Crippen LogP contribution >= 0.6 is 0 Å². The monoisotopic (exact) mass is 247 g/mol. The second kappa shape index (κ2) is 4.79. The van der Waals surface area contributed by atoms with Crippen LogP contribution in [-0.2, 0) is 0 Å². The number of hydrogen-bond donors (Lipinski definition) is 1. The average molecular weight is 247 g/mol. The first-order valence-corrected chi connectivity index (χ1v) is 5.21. The third-order valence-electron chi connectivity index (χ3n) is 2.42. The van der Waals surface area contributed by atoms with Crippen molar-refractivity contribution in [3.05, 3.63) is 52.3 Å². The molecule has 0 aliphatic carbocycles. The molecular formula is C12H10FN3O2. The zero-order chi connectivity index (χ0) is 13.1. The molecule has 0 aliphatic rings. The van der Waals surface area contributed by atoms with Crippen molar-refractivity contribution in [3.8, 4) is 11.3 Å². The van der Waals surface area contributed by atoms with Crippen molar-refractivity contribution in [2.24, 2.45) is 0 Å². The highest BCUT2D eigenvalue weighted by Gasteiger charge is 2.17. The Hall–Kier alpha value is -2.50. The van der Waals surface area contributed by atoms with Crippen molar-refractivity contribution >= 4 is 11.5 Å². The summed E-state index contributed by atoms with van der Waals surface area (Å²) in [4.78, 5) is 14.5. The van der Waals surface area contributed by atoms with Crippen LogP contribution in [0, 0.1) is 15.9 Å². The molecule has 1 heterocycles. The maximum Gasteiger partial charge on any atom is 0.295 e. The number of pyridine rings is 1. The lowest BCUT2D eigenvalue weighted by Crippen LogP contribution is -1.99. The van der Waals surface area contributed by atoms with Crippen molar-refractivity contribution in [2.45, 2.75) is 0 Å². The third-order valence-corrected chi connectivity index (χ3v) is 2.42. The van der Waals surface area contributed by atoms with Crippen LogP contribution in [0.5, 0.6) is 0 Å². The molecule has 18 heavy (non-hydrogen) atoms. The Balaban J connectivity index is 2.63. The number of benzene rings is 1. The molecule has 1 N–H and O–H groups in total. The molecular weight excluding hydrogens is 237 g/mol. The number of nitro groups is 1. The molecule has 6 heteroatoms. The van der Waals surface area contributed by atoms with E-state index in [0.29, 0.717) is 11.4 Å². The predicted octanol–water partition coefficient (Wildman–Crippen LogP) is 2.84. The zero-order valence-electron chi connectivity index (χ0n) is 9.55. The second-order valence-electron chi connectivity index (χ2n) is 3.58. The van der Waals surface area contributed by atoms with E-state index in [1.54, 1.807) is 13.1 Å². The van der Waals surface area contributed by atoms with Crippen LogP contribution < -0.4 is 5.32 Å². The first-order chi connectivity index (χ1) is 8.61. The smallest absolute Gasteiger partial charge is 0.295 e. The van der Waals surface area contributed by atoms with Crippen molar-refractivity contribution in [3.63, 3.8) is 0 Å². The minimum absolute atomic E-state index is 0.145. The molecule has 0 fully saturated rings. The van der Waals surface area contributed by atoms with Gasteiger partial charge in [-0.25, -0.2) is 9.37 Å². The van der Waals surface area contributed by atoms with Crippen molar-refractivity contribution in [2.75, 3.05) is 12.4 Å². The van der Waals surface area contributed by atoms with E-state index in [0.717, 1.165) is 0 Å². The first kappa shape index (κ1) is 12.0. The maximum atomic E-state index is 13.2. The van der Waals surface area contributed by atoms with E-state index in [-0.39, 0.29) is 11.4 Å². The summed E-state index contributed by atoms with van der Waals surface area (Å²) in [6.07, 6.45) is 0. The summed E-state index contributed by atoms with van der Waals surface area (Å²) in [7, 11) is 1.66. The number of halogens is 1. The highest BCUT2D eigenvalue weighted by Crippen LogP contribution is 2.29. The van der Waals surface area contributed by atoms with Gasteiger partial charge in [0.15, 0.2) is 5.69 Å². The lowest BCUT2D eigenvalue weighted by Gasteiger charge is -2.05. The Labute approximate surface area is 102 Å². The van der Waals surface area contributed by atoms with Crippen molar-refractivity contribution in [1.82, 2.24) is 4.98 Å². The van der Waals surface area contributed by atoms with E-state index < -0.39 is 10.7 Å². The fourth-order valence-electron chi connectivity index (χ4n) is 1.59. The molecule has 0 radical (unpaired) electrons. The second-order valence-corrected chi connectivity index (χ2v) is 3.58. The van der Waals surface area contributed by atoms with Crippen molar-refractivity contribution < 1.29 is 9.31 Å². The Morgan fingerprint density at radius 1 is 1.33 bits per heavy atom. The predicted molar refractivity (Wildman–Crippen MR) is 65.8 cm³/mol. The quantitative estimate of drug-likeness (QED) is 0.668. The Morgan fingerprint density at radius 2 is 2.11 bits per heavy atom. The van der Waals surface area contributed by atoms with Gasteiger partial charge in [0.25, 0.3) is 5.69 Å². The molecule has 0 saturated carbocycles. The van der Waals surface area contributed by atoms with Crippen LogP contribution in [-0.4, -0.2) is 17.0 Å². The molecule has 1 aromatic carbocycles. The van der Waals surface area contributed by atoms with Gasteiger partial charge in [0.2, 0.25) is 0 Å². The highest BCUT2D eigenvalue weighted by atomic mass is 19.1. The fourth-order valence-corrected chi connectivity index (χ4v) is 1.59. The number of nitrogens with one attached hydrogen (secondary N) is 1. The SMILES string of the molecule is CNc1ccc([N+](=O)[O-])c(-c2cccc(F)c2)n1. The van der Waals surface area contributed by atoms with Crippen LogP contribution in [0.3, 0.4) is 0 Å². The average Bonchev–Trinajstić information content (AvgIpc) is 2.38. The fraction of sp³-hybridized carbons (Fsp3) is 0.0833. The van der Waals surface area contributed by atoms with Gasteiger partial charge in [0.1, 0.15) is 11.6 Å².